The summed E-state index contributed by atoms with van der Waals surface area (Å²) in [4.78, 5) is 31.1. The maximum Gasteiger partial charge on any atom is 0.332 e. The number of anilines is 1. The minimum Gasteiger partial charge on any atom is -0.380 e. The van der Waals surface area contributed by atoms with Crippen molar-refractivity contribution >= 4 is 28.9 Å². The van der Waals surface area contributed by atoms with E-state index in [1.165, 1.54) is 9.13 Å². The van der Waals surface area contributed by atoms with Crippen LogP contribution >= 0.6 is 0 Å². The van der Waals surface area contributed by atoms with Gasteiger partial charge >= 0.3 is 5.69 Å². The van der Waals surface area contributed by atoms with E-state index in [4.69, 9.17) is 4.74 Å². The molecule has 0 N–H and O–H groups in total. The van der Waals surface area contributed by atoms with Crippen molar-refractivity contribution in [3.63, 3.8) is 0 Å². The van der Waals surface area contributed by atoms with Gasteiger partial charge in [0.15, 0.2) is 11.2 Å². The van der Waals surface area contributed by atoms with Crippen molar-refractivity contribution in [1.82, 2.24) is 18.7 Å². The first-order valence-corrected chi connectivity index (χ1v) is 10.8. The molecular weight excluding hydrogens is 408 g/mol. The third-order valence-electron chi connectivity index (χ3n) is 5.71. The summed E-state index contributed by atoms with van der Waals surface area (Å²) in [7, 11) is 1.64. The highest BCUT2D eigenvalue weighted by Crippen LogP contribution is 2.29. The lowest BCUT2D eigenvalue weighted by Crippen LogP contribution is -2.40. The van der Waals surface area contributed by atoms with E-state index in [1.54, 1.807) is 12.1 Å². The second-order valence-corrected chi connectivity index (χ2v) is 7.76. The number of allylic oxidation sites excluding steroid dienone is 1. The molecule has 0 spiro atoms. The van der Waals surface area contributed by atoms with E-state index in [1.807, 2.05) is 67.8 Å². The highest BCUT2D eigenvalue weighted by molar-refractivity contribution is 5.91. The highest BCUT2D eigenvalue weighted by Gasteiger charge is 2.30. The number of benzene rings is 1. The average molecular weight is 437 g/mol. The molecule has 2 aromatic heterocycles. The molecule has 168 valence electrons. The zero-order valence-corrected chi connectivity index (χ0v) is 18.9. The van der Waals surface area contributed by atoms with Gasteiger partial charge in [0.05, 0.1) is 24.9 Å². The third kappa shape index (κ3) is 3.80. The van der Waals surface area contributed by atoms with Crippen molar-refractivity contribution in [2.45, 2.75) is 33.4 Å². The molecule has 0 bridgehead atoms. The van der Waals surface area contributed by atoms with Gasteiger partial charge in [-0.3, -0.25) is 18.5 Å². The number of hydrazone groups is 1. The van der Waals surface area contributed by atoms with E-state index in [2.05, 4.69) is 10.1 Å². The zero-order valence-electron chi connectivity index (χ0n) is 18.9. The first-order valence-electron chi connectivity index (χ1n) is 10.8. The Morgan fingerprint density at radius 2 is 1.94 bits per heavy atom. The van der Waals surface area contributed by atoms with Gasteiger partial charge in [-0.05, 0) is 26.3 Å². The molecule has 1 aromatic carbocycles. The van der Waals surface area contributed by atoms with E-state index < -0.39 is 5.69 Å². The Morgan fingerprint density at radius 3 is 2.66 bits per heavy atom. The lowest BCUT2D eigenvalue weighted by Gasteiger charge is -2.29. The smallest absolute Gasteiger partial charge is 0.332 e. The molecule has 0 amide bonds. The van der Waals surface area contributed by atoms with Crippen molar-refractivity contribution < 1.29 is 4.74 Å². The predicted molar refractivity (Wildman–Crippen MR) is 126 cm³/mol. The van der Waals surface area contributed by atoms with E-state index >= 15 is 0 Å². The molecule has 1 aliphatic rings. The minimum atomic E-state index is -0.401. The van der Waals surface area contributed by atoms with E-state index in [0.717, 1.165) is 11.3 Å². The molecule has 9 heteroatoms. The summed E-state index contributed by atoms with van der Waals surface area (Å²) in [6.07, 6.45) is 3.72. The zero-order chi connectivity index (χ0) is 22.8. The van der Waals surface area contributed by atoms with Gasteiger partial charge in [0.25, 0.3) is 5.56 Å². The average Bonchev–Trinajstić information content (AvgIpc) is 3.20. The van der Waals surface area contributed by atoms with E-state index in [-0.39, 0.29) is 18.1 Å². The summed E-state index contributed by atoms with van der Waals surface area (Å²) in [5.74, 6) is 0.544. The Morgan fingerprint density at radius 1 is 1.19 bits per heavy atom. The largest absolute Gasteiger partial charge is 0.380 e. The summed E-state index contributed by atoms with van der Waals surface area (Å²) < 4.78 is 10.0. The quantitative estimate of drug-likeness (QED) is 0.531. The summed E-state index contributed by atoms with van der Waals surface area (Å²) in [6, 6.07) is 9.61. The van der Waals surface area contributed by atoms with Gasteiger partial charge in [-0.25, -0.2) is 9.80 Å². The first-order chi connectivity index (χ1) is 15.4. The first kappa shape index (κ1) is 21.8. The summed E-state index contributed by atoms with van der Waals surface area (Å²) >= 11 is 0. The topological polar surface area (TPSA) is 86.7 Å². The predicted octanol–water partition coefficient (Wildman–Crippen LogP) is 2.40. The van der Waals surface area contributed by atoms with E-state index in [0.29, 0.717) is 36.9 Å². The molecule has 4 rings (SSSR count). The molecule has 0 aliphatic carbocycles. The molecule has 0 unspecified atom stereocenters. The van der Waals surface area contributed by atoms with Crippen LogP contribution in [0.3, 0.4) is 0 Å². The number of imidazole rings is 1. The van der Waals surface area contributed by atoms with Gasteiger partial charge in [0.1, 0.15) is 0 Å². The molecule has 32 heavy (non-hydrogen) atoms. The summed E-state index contributed by atoms with van der Waals surface area (Å²) in [5.41, 5.74) is 1.87. The lowest BCUT2D eigenvalue weighted by molar-refractivity contribution is 0.153. The van der Waals surface area contributed by atoms with Crippen LogP contribution in [0.15, 0.2) is 51.1 Å². The molecule has 9 nitrogen and oxygen atoms in total. The lowest BCUT2D eigenvalue weighted by atomic mass is 10.2. The van der Waals surface area contributed by atoms with Gasteiger partial charge in [-0.2, -0.15) is 10.1 Å². The number of nitrogens with zero attached hydrogens (tertiary/aromatic N) is 6. The maximum absolute atomic E-state index is 13.5. The highest BCUT2D eigenvalue weighted by atomic mass is 16.5. The molecule has 0 saturated heterocycles. The van der Waals surface area contributed by atoms with Gasteiger partial charge < -0.3 is 4.74 Å². The summed E-state index contributed by atoms with van der Waals surface area (Å²) in [5, 5.41) is 6.38. The number of fused-ring (bicyclic) bond motifs is 3. The molecule has 1 aliphatic heterocycles. The van der Waals surface area contributed by atoms with Crippen molar-refractivity contribution in [1.29, 1.82) is 0 Å². The Balaban J connectivity index is 1.80. The van der Waals surface area contributed by atoms with Gasteiger partial charge in [0.2, 0.25) is 5.95 Å². The van der Waals surface area contributed by atoms with Crippen molar-refractivity contribution in [2.24, 2.45) is 12.1 Å². The number of aryl methyl sites for hydroxylation is 1. The van der Waals surface area contributed by atoms with Crippen LogP contribution < -0.4 is 16.3 Å². The number of hydrogen-bond donors (Lipinski definition) is 0. The molecule has 1 atom stereocenters. The fourth-order valence-corrected chi connectivity index (χ4v) is 3.85. The van der Waals surface area contributed by atoms with Crippen molar-refractivity contribution in [2.75, 3.05) is 24.8 Å². The van der Waals surface area contributed by atoms with Gasteiger partial charge in [0, 0.05) is 20.2 Å². The van der Waals surface area contributed by atoms with Crippen molar-refractivity contribution in [3.05, 3.63) is 62.8 Å². The van der Waals surface area contributed by atoms with Crippen LogP contribution in [0.1, 0.15) is 32.4 Å². The number of rotatable bonds is 7. The van der Waals surface area contributed by atoms with Gasteiger partial charge in [-0.15, -0.1) is 0 Å². The molecular formula is C23H28N6O3. The Labute approximate surface area is 185 Å². The van der Waals surface area contributed by atoms with Crippen LogP contribution in [-0.2, 0) is 18.3 Å². The number of ether oxygens (including phenoxy) is 1. The van der Waals surface area contributed by atoms with Crippen molar-refractivity contribution in [3.8, 4) is 0 Å². The summed E-state index contributed by atoms with van der Waals surface area (Å²) in [6.45, 7) is 7.61. The molecule has 3 heterocycles. The van der Waals surface area contributed by atoms with Crippen LogP contribution in [0.2, 0.25) is 0 Å². The van der Waals surface area contributed by atoms with Crippen LogP contribution in [0, 0.1) is 0 Å². The van der Waals surface area contributed by atoms with Crippen LogP contribution in [0.4, 0.5) is 5.95 Å². The molecule has 0 fully saturated rings. The standard InChI is InChI=1S/C23H28N6O3/c1-5-32-15-14-28-22-24-20-19(29(22)17(3)16(2)25-28)21(30)27(23(31)26(20)4)13-9-12-18-10-7-6-8-11-18/h6-12,17H,5,13-15H2,1-4H3/b12-9+/t17-/m0/s1. The SMILES string of the molecule is CCOCCN1N=C(C)[C@H](C)n2c1nc1c2c(=O)n(C/C=C/c2ccccc2)c(=O)n1C. The Bertz CT molecular complexity index is 1300. The maximum atomic E-state index is 13.5. The van der Waals surface area contributed by atoms with Crippen LogP contribution in [0.25, 0.3) is 17.2 Å². The molecule has 3 aromatic rings. The van der Waals surface area contributed by atoms with Crippen LogP contribution in [-0.4, -0.2) is 44.2 Å². The van der Waals surface area contributed by atoms with Crippen LogP contribution in [0.5, 0.6) is 0 Å². The monoisotopic (exact) mass is 436 g/mol. The second-order valence-electron chi connectivity index (χ2n) is 7.76. The van der Waals surface area contributed by atoms with E-state index in [9.17, 15) is 9.59 Å². The Hall–Kier alpha value is -3.46. The minimum absolute atomic E-state index is 0.156. The second kappa shape index (κ2) is 8.96. The fourth-order valence-electron chi connectivity index (χ4n) is 3.85. The van der Waals surface area contributed by atoms with Gasteiger partial charge in [-0.1, -0.05) is 42.5 Å². The molecule has 0 radical (unpaired) electrons. The fraction of sp³-hybridized carbons (Fsp3) is 0.391. The normalized spacial score (nSPS) is 16.1. The third-order valence-corrected chi connectivity index (χ3v) is 5.71. The number of hydrogen-bond acceptors (Lipinski definition) is 6. The Kier molecular flexibility index (Phi) is 6.09. The number of aromatic nitrogens is 4. The molecule has 0 saturated carbocycles.